The molecule has 0 aliphatic carbocycles. The number of hydrogen-bond donors (Lipinski definition) is 1. The molecule has 1 N–H and O–H groups in total. The summed E-state index contributed by atoms with van der Waals surface area (Å²) in [5.74, 6) is 0. The number of rotatable bonds is 2. The third-order valence-corrected chi connectivity index (χ3v) is 2.26. The molecule has 0 aromatic heterocycles. The monoisotopic (exact) mass is 217 g/mol. The topological polar surface area (TPSA) is 32.6 Å². The first-order valence-corrected chi connectivity index (χ1v) is 4.61. The Bertz CT molecular complexity index is 336. The third kappa shape index (κ3) is 2.36. The van der Waals surface area contributed by atoms with E-state index in [1.165, 1.54) is 0 Å². The van der Waals surface area contributed by atoms with E-state index in [4.69, 9.17) is 28.4 Å². The minimum absolute atomic E-state index is 0.535. The van der Waals surface area contributed by atoms with Gasteiger partial charge in [-0.05, 0) is 24.6 Å². The van der Waals surface area contributed by atoms with E-state index < -0.39 is 0 Å². The van der Waals surface area contributed by atoms with Gasteiger partial charge in [0.25, 0.3) is 0 Å². The van der Waals surface area contributed by atoms with E-state index in [1.54, 1.807) is 18.2 Å². The average molecular weight is 218 g/mol. The molecule has 1 aromatic carbocycles. The smallest absolute Gasteiger partial charge is 0.0880 e. The highest BCUT2D eigenvalue weighted by molar-refractivity contribution is 6.36. The molecule has 0 aliphatic heterocycles. The third-order valence-electron chi connectivity index (χ3n) is 1.69. The van der Waals surface area contributed by atoms with E-state index in [9.17, 15) is 0 Å². The van der Waals surface area contributed by atoms with Gasteiger partial charge in [-0.3, -0.25) is 0 Å². The molecule has 2 nitrogen and oxygen atoms in total. The molecule has 70 valence electrons. The van der Waals surface area contributed by atoms with Gasteiger partial charge in [0.1, 0.15) is 0 Å². The number of oxime groups is 1. The van der Waals surface area contributed by atoms with Gasteiger partial charge in [-0.1, -0.05) is 35.3 Å². The standard InChI is InChI=1S/C9H9Cl2NO/c1-2-9(12-13)7-5-6(10)3-4-8(7)11/h3-5,13H,2H2,1H3/b12-9-. The van der Waals surface area contributed by atoms with Crippen LogP contribution in [-0.4, -0.2) is 10.9 Å². The number of halogens is 2. The molecule has 0 heterocycles. The Kier molecular flexibility index (Phi) is 3.58. The molecular formula is C9H9Cl2NO. The highest BCUT2D eigenvalue weighted by atomic mass is 35.5. The maximum Gasteiger partial charge on any atom is 0.0880 e. The SMILES string of the molecule is CC/C(=N/O)c1cc(Cl)ccc1Cl. The van der Waals surface area contributed by atoms with Gasteiger partial charge in [0.05, 0.1) is 5.71 Å². The lowest BCUT2D eigenvalue weighted by molar-refractivity contribution is 0.318. The van der Waals surface area contributed by atoms with E-state index in [1.807, 2.05) is 6.92 Å². The van der Waals surface area contributed by atoms with Crippen molar-refractivity contribution < 1.29 is 5.21 Å². The van der Waals surface area contributed by atoms with E-state index in [0.717, 1.165) is 0 Å². The van der Waals surface area contributed by atoms with Gasteiger partial charge in [-0.25, -0.2) is 0 Å². The van der Waals surface area contributed by atoms with Crippen LogP contribution < -0.4 is 0 Å². The molecule has 0 radical (unpaired) electrons. The maximum atomic E-state index is 8.68. The van der Waals surface area contributed by atoms with Gasteiger partial charge in [-0.15, -0.1) is 0 Å². The van der Waals surface area contributed by atoms with Crippen LogP contribution in [-0.2, 0) is 0 Å². The average Bonchev–Trinajstić information content (AvgIpc) is 2.13. The fourth-order valence-electron chi connectivity index (χ4n) is 1.03. The first-order valence-electron chi connectivity index (χ1n) is 3.85. The fourth-order valence-corrected chi connectivity index (χ4v) is 1.43. The van der Waals surface area contributed by atoms with Gasteiger partial charge in [0.2, 0.25) is 0 Å². The van der Waals surface area contributed by atoms with Crippen molar-refractivity contribution in [2.75, 3.05) is 0 Å². The molecule has 13 heavy (non-hydrogen) atoms. The fraction of sp³-hybridized carbons (Fsp3) is 0.222. The lowest BCUT2D eigenvalue weighted by Crippen LogP contribution is -1.99. The highest BCUT2D eigenvalue weighted by Gasteiger charge is 2.07. The molecule has 0 spiro atoms. The molecule has 0 saturated carbocycles. The lowest BCUT2D eigenvalue weighted by Gasteiger charge is -2.04. The zero-order valence-electron chi connectivity index (χ0n) is 7.09. The van der Waals surface area contributed by atoms with E-state index in [2.05, 4.69) is 5.16 Å². The molecular weight excluding hydrogens is 209 g/mol. The van der Waals surface area contributed by atoms with Crippen molar-refractivity contribution in [3.05, 3.63) is 33.8 Å². The molecule has 0 amide bonds. The molecule has 0 fully saturated rings. The minimum atomic E-state index is 0.535. The van der Waals surface area contributed by atoms with Gasteiger partial charge < -0.3 is 5.21 Å². The van der Waals surface area contributed by atoms with E-state index in [0.29, 0.717) is 27.7 Å². The number of hydrogen-bond acceptors (Lipinski definition) is 2. The Labute approximate surface area is 86.8 Å². The van der Waals surface area contributed by atoms with Crippen molar-refractivity contribution in [2.45, 2.75) is 13.3 Å². The first-order chi connectivity index (χ1) is 6.19. The van der Waals surface area contributed by atoms with Crippen LogP contribution >= 0.6 is 23.2 Å². The summed E-state index contributed by atoms with van der Waals surface area (Å²) in [5, 5.41) is 13.0. The first kappa shape index (κ1) is 10.4. The van der Waals surface area contributed by atoms with Crippen molar-refractivity contribution in [1.82, 2.24) is 0 Å². The van der Waals surface area contributed by atoms with Crippen LogP contribution in [0.2, 0.25) is 10.0 Å². The second-order valence-corrected chi connectivity index (χ2v) is 3.37. The van der Waals surface area contributed by atoms with Gasteiger partial charge in [0.15, 0.2) is 0 Å². The van der Waals surface area contributed by atoms with Crippen LogP contribution in [0.3, 0.4) is 0 Å². The van der Waals surface area contributed by atoms with Crippen LogP contribution in [0.4, 0.5) is 0 Å². The molecule has 1 rings (SSSR count). The van der Waals surface area contributed by atoms with Crippen LogP contribution in [0.1, 0.15) is 18.9 Å². The lowest BCUT2D eigenvalue weighted by atomic mass is 10.1. The van der Waals surface area contributed by atoms with Crippen molar-refractivity contribution in [3.8, 4) is 0 Å². The predicted molar refractivity (Wildman–Crippen MR) is 55.1 cm³/mol. The summed E-state index contributed by atoms with van der Waals surface area (Å²) < 4.78 is 0. The zero-order chi connectivity index (χ0) is 9.84. The Balaban J connectivity index is 3.19. The Hall–Kier alpha value is -0.730. The molecule has 0 bridgehead atoms. The van der Waals surface area contributed by atoms with Crippen LogP contribution in [0.15, 0.2) is 23.4 Å². The number of nitrogens with zero attached hydrogens (tertiary/aromatic N) is 1. The second kappa shape index (κ2) is 4.49. The van der Waals surface area contributed by atoms with Gasteiger partial charge >= 0.3 is 0 Å². The van der Waals surface area contributed by atoms with Gasteiger partial charge in [0, 0.05) is 15.6 Å². The summed E-state index contributed by atoms with van der Waals surface area (Å²) in [6.07, 6.45) is 0.608. The van der Waals surface area contributed by atoms with Crippen LogP contribution in [0.5, 0.6) is 0 Å². The summed E-state index contributed by atoms with van der Waals surface area (Å²) in [6, 6.07) is 5.06. The molecule has 0 aliphatic rings. The van der Waals surface area contributed by atoms with Crippen LogP contribution in [0, 0.1) is 0 Å². The number of benzene rings is 1. The van der Waals surface area contributed by atoms with E-state index in [-0.39, 0.29) is 0 Å². The normalized spacial score (nSPS) is 11.8. The highest BCUT2D eigenvalue weighted by Crippen LogP contribution is 2.22. The zero-order valence-corrected chi connectivity index (χ0v) is 8.60. The summed E-state index contributed by atoms with van der Waals surface area (Å²) >= 11 is 11.7. The van der Waals surface area contributed by atoms with Crippen molar-refractivity contribution in [3.63, 3.8) is 0 Å². The maximum absolute atomic E-state index is 8.68. The second-order valence-electron chi connectivity index (χ2n) is 2.52. The summed E-state index contributed by atoms with van der Waals surface area (Å²) in [6.45, 7) is 1.88. The van der Waals surface area contributed by atoms with E-state index >= 15 is 0 Å². The molecule has 0 atom stereocenters. The molecule has 4 heteroatoms. The largest absolute Gasteiger partial charge is 0.411 e. The molecule has 1 aromatic rings. The quantitative estimate of drug-likeness (QED) is 0.459. The van der Waals surface area contributed by atoms with Crippen LogP contribution in [0.25, 0.3) is 0 Å². The van der Waals surface area contributed by atoms with Gasteiger partial charge in [-0.2, -0.15) is 0 Å². The summed E-state index contributed by atoms with van der Waals surface area (Å²) in [4.78, 5) is 0. The van der Waals surface area contributed by atoms with Crippen molar-refractivity contribution in [1.29, 1.82) is 0 Å². The minimum Gasteiger partial charge on any atom is -0.411 e. The van der Waals surface area contributed by atoms with Crippen molar-refractivity contribution >= 4 is 28.9 Å². The molecule has 0 unspecified atom stereocenters. The summed E-state index contributed by atoms with van der Waals surface area (Å²) in [7, 11) is 0. The Morgan fingerprint density at radius 3 is 2.69 bits per heavy atom. The Morgan fingerprint density at radius 1 is 1.46 bits per heavy atom. The molecule has 0 saturated heterocycles. The summed E-state index contributed by atoms with van der Waals surface area (Å²) in [5.41, 5.74) is 1.21. The Morgan fingerprint density at radius 2 is 2.15 bits per heavy atom. The van der Waals surface area contributed by atoms with Crippen molar-refractivity contribution in [2.24, 2.45) is 5.16 Å². The predicted octanol–water partition coefficient (Wildman–Crippen LogP) is 3.58.